The second-order valence-corrected chi connectivity index (χ2v) is 27.4. The van der Waals surface area contributed by atoms with Gasteiger partial charge in [-0.05, 0) is 89.9 Å². The summed E-state index contributed by atoms with van der Waals surface area (Å²) in [5.74, 6) is -0.0452. The minimum absolute atomic E-state index is 0.0177. The third kappa shape index (κ3) is 72.9. The van der Waals surface area contributed by atoms with Crippen molar-refractivity contribution in [2.75, 3.05) is 13.2 Å². The highest BCUT2D eigenvalue weighted by atomic mass is 16.5. The van der Waals surface area contributed by atoms with E-state index >= 15 is 0 Å². The zero-order chi connectivity index (χ0) is 63.5. The number of hydrogen-bond acceptors (Lipinski definition) is 5. The van der Waals surface area contributed by atoms with Gasteiger partial charge in [-0.15, -0.1) is 0 Å². The summed E-state index contributed by atoms with van der Waals surface area (Å²) in [6.07, 6.45) is 102. The standard InChI is InChI=1S/C82H155NO5/c1-3-5-7-9-11-13-15-17-19-20-45-48-52-56-60-64-68-72-76-82(87)88-77-73-69-65-61-57-53-49-46-43-41-39-37-35-33-31-29-27-25-23-21-22-24-26-28-30-32-34-36-38-40-42-44-47-51-55-59-63-67-71-75-81(86)83-79(78-84)80(85)74-70-66-62-58-54-50-18-16-14-12-10-8-6-4-2/h19-22,25,27,70,74,79-80,84-85H,3-18,23-24,26,28-69,71-73,75-78H2,1-2H3,(H,83,86)/b20-19-,22-21-,27-25-,74-70+. The molecule has 0 rings (SSSR count). The van der Waals surface area contributed by atoms with Gasteiger partial charge in [0.05, 0.1) is 25.4 Å². The lowest BCUT2D eigenvalue weighted by Crippen LogP contribution is -2.45. The van der Waals surface area contributed by atoms with E-state index in [0.717, 1.165) is 51.4 Å². The lowest BCUT2D eigenvalue weighted by molar-refractivity contribution is -0.143. The molecule has 0 fully saturated rings. The number of nitrogens with one attached hydrogen (secondary N) is 1. The Bertz CT molecular complexity index is 1470. The summed E-state index contributed by atoms with van der Waals surface area (Å²) in [5, 5.41) is 23.2. The summed E-state index contributed by atoms with van der Waals surface area (Å²) < 4.78 is 5.51. The van der Waals surface area contributed by atoms with E-state index < -0.39 is 12.1 Å². The van der Waals surface area contributed by atoms with Gasteiger partial charge in [-0.3, -0.25) is 9.59 Å². The Kier molecular flexibility index (Phi) is 75.4. The van der Waals surface area contributed by atoms with Crippen LogP contribution in [0.2, 0.25) is 0 Å². The van der Waals surface area contributed by atoms with Gasteiger partial charge in [0, 0.05) is 12.8 Å². The van der Waals surface area contributed by atoms with E-state index in [1.54, 1.807) is 6.08 Å². The Hall–Kier alpha value is -2.18. The molecule has 6 heteroatoms. The van der Waals surface area contributed by atoms with Crippen LogP contribution in [0, 0.1) is 0 Å². The number of carbonyl (C=O) groups excluding carboxylic acids is 2. The first kappa shape index (κ1) is 85.8. The van der Waals surface area contributed by atoms with E-state index in [9.17, 15) is 19.8 Å². The molecule has 0 saturated carbocycles. The number of aliphatic hydroxyl groups is 2. The fraction of sp³-hybridized carbons (Fsp3) is 0.878. The maximum Gasteiger partial charge on any atom is 0.305 e. The van der Waals surface area contributed by atoms with E-state index in [4.69, 9.17) is 4.74 Å². The number of ether oxygens (including phenoxy) is 1. The van der Waals surface area contributed by atoms with Gasteiger partial charge in [-0.1, -0.05) is 383 Å². The van der Waals surface area contributed by atoms with Crippen LogP contribution in [0.5, 0.6) is 0 Å². The highest BCUT2D eigenvalue weighted by Gasteiger charge is 2.18. The summed E-state index contributed by atoms with van der Waals surface area (Å²) in [6.45, 7) is 4.93. The lowest BCUT2D eigenvalue weighted by Gasteiger charge is -2.20. The summed E-state index contributed by atoms with van der Waals surface area (Å²) in [7, 11) is 0. The highest BCUT2D eigenvalue weighted by molar-refractivity contribution is 5.76. The van der Waals surface area contributed by atoms with Gasteiger partial charge in [-0.2, -0.15) is 0 Å². The maximum atomic E-state index is 12.5. The zero-order valence-electron chi connectivity index (χ0n) is 59.5. The van der Waals surface area contributed by atoms with Gasteiger partial charge in [0.25, 0.3) is 0 Å². The quantitative estimate of drug-likeness (QED) is 0.0320. The van der Waals surface area contributed by atoms with Crippen molar-refractivity contribution in [1.82, 2.24) is 5.32 Å². The molecule has 518 valence electrons. The highest BCUT2D eigenvalue weighted by Crippen LogP contribution is 2.19. The minimum atomic E-state index is -0.842. The average molecular weight is 1240 g/mol. The molecule has 0 aliphatic rings. The van der Waals surface area contributed by atoms with Crippen molar-refractivity contribution in [3.8, 4) is 0 Å². The van der Waals surface area contributed by atoms with Crippen LogP contribution in [0.25, 0.3) is 0 Å². The van der Waals surface area contributed by atoms with Crippen molar-refractivity contribution in [3.05, 3.63) is 48.6 Å². The fourth-order valence-corrected chi connectivity index (χ4v) is 12.5. The fourth-order valence-electron chi connectivity index (χ4n) is 12.5. The third-order valence-corrected chi connectivity index (χ3v) is 18.6. The Balaban J connectivity index is 3.35. The van der Waals surface area contributed by atoms with E-state index in [0.29, 0.717) is 19.4 Å². The van der Waals surface area contributed by atoms with Crippen molar-refractivity contribution in [2.24, 2.45) is 0 Å². The number of unbranched alkanes of at least 4 members (excludes halogenated alkanes) is 58. The molecule has 6 nitrogen and oxygen atoms in total. The third-order valence-electron chi connectivity index (χ3n) is 18.6. The lowest BCUT2D eigenvalue weighted by atomic mass is 10.0. The van der Waals surface area contributed by atoms with Gasteiger partial charge in [0.1, 0.15) is 0 Å². The van der Waals surface area contributed by atoms with Crippen molar-refractivity contribution in [2.45, 2.75) is 450 Å². The number of aliphatic hydroxyl groups excluding tert-OH is 2. The van der Waals surface area contributed by atoms with Crippen LogP contribution < -0.4 is 5.32 Å². The Labute approximate surface area is 550 Å². The Morgan fingerprint density at radius 1 is 0.318 bits per heavy atom. The number of amides is 1. The summed E-state index contributed by atoms with van der Waals surface area (Å²) in [6, 6.07) is -0.626. The number of esters is 1. The predicted octanol–water partition coefficient (Wildman–Crippen LogP) is 26.4. The molecule has 0 spiro atoms. The molecular weight excluding hydrogens is 1080 g/mol. The number of carbonyl (C=O) groups is 2. The van der Waals surface area contributed by atoms with Gasteiger partial charge in [0.2, 0.25) is 5.91 Å². The van der Waals surface area contributed by atoms with Crippen molar-refractivity contribution in [3.63, 3.8) is 0 Å². The first-order valence-electron chi connectivity index (χ1n) is 39.9. The van der Waals surface area contributed by atoms with Crippen LogP contribution in [0.4, 0.5) is 0 Å². The number of hydrogen-bond donors (Lipinski definition) is 3. The van der Waals surface area contributed by atoms with E-state index in [2.05, 4.69) is 55.6 Å². The second kappa shape index (κ2) is 77.3. The van der Waals surface area contributed by atoms with Crippen LogP contribution >= 0.6 is 0 Å². The van der Waals surface area contributed by atoms with Gasteiger partial charge >= 0.3 is 5.97 Å². The molecule has 3 N–H and O–H groups in total. The molecule has 2 unspecified atom stereocenters. The summed E-state index contributed by atoms with van der Waals surface area (Å²) in [4.78, 5) is 24.6. The SMILES string of the molecule is CCCCCCCCC/C=C\CCCCCCCCCC(=O)OCCCCCCCCCCCCCCCCC/C=C\C/C=C\CCCCCCCCCCCCCCCCCCCC(=O)NC(CO)C(O)/C=C/CCCCCCCCCCCCCC. The molecular formula is C82H155NO5. The van der Waals surface area contributed by atoms with Crippen LogP contribution in [-0.2, 0) is 14.3 Å². The Morgan fingerprint density at radius 2 is 0.568 bits per heavy atom. The topological polar surface area (TPSA) is 95.9 Å². The maximum absolute atomic E-state index is 12.5. The molecule has 0 aromatic rings. The number of rotatable bonds is 75. The van der Waals surface area contributed by atoms with Crippen molar-refractivity contribution < 1.29 is 24.5 Å². The molecule has 0 radical (unpaired) electrons. The molecule has 0 heterocycles. The monoisotopic (exact) mass is 1230 g/mol. The molecule has 0 aromatic carbocycles. The first-order chi connectivity index (χ1) is 43.5. The molecule has 0 saturated heterocycles. The molecule has 0 aromatic heterocycles. The van der Waals surface area contributed by atoms with Crippen molar-refractivity contribution in [1.29, 1.82) is 0 Å². The summed E-state index contributed by atoms with van der Waals surface area (Å²) in [5.41, 5.74) is 0. The zero-order valence-corrected chi connectivity index (χ0v) is 59.5. The normalized spacial score (nSPS) is 12.7. The molecule has 0 aliphatic carbocycles. The Morgan fingerprint density at radius 3 is 0.875 bits per heavy atom. The van der Waals surface area contributed by atoms with Crippen molar-refractivity contribution >= 4 is 11.9 Å². The number of allylic oxidation sites excluding steroid dienone is 7. The van der Waals surface area contributed by atoms with Crippen LogP contribution in [0.15, 0.2) is 48.6 Å². The van der Waals surface area contributed by atoms with Gasteiger partial charge < -0.3 is 20.3 Å². The smallest absolute Gasteiger partial charge is 0.305 e. The molecule has 0 aliphatic heterocycles. The summed E-state index contributed by atoms with van der Waals surface area (Å²) >= 11 is 0. The molecule has 0 bridgehead atoms. The van der Waals surface area contributed by atoms with Crippen LogP contribution in [-0.4, -0.2) is 47.4 Å². The van der Waals surface area contributed by atoms with E-state index in [1.165, 1.54) is 360 Å². The first-order valence-corrected chi connectivity index (χ1v) is 39.9. The largest absolute Gasteiger partial charge is 0.466 e. The van der Waals surface area contributed by atoms with Gasteiger partial charge in [-0.25, -0.2) is 0 Å². The van der Waals surface area contributed by atoms with E-state index in [-0.39, 0.29) is 18.5 Å². The molecule has 88 heavy (non-hydrogen) atoms. The molecule has 1 amide bonds. The van der Waals surface area contributed by atoms with Gasteiger partial charge in [0.15, 0.2) is 0 Å². The van der Waals surface area contributed by atoms with E-state index in [1.807, 2.05) is 6.08 Å². The van der Waals surface area contributed by atoms with Crippen LogP contribution in [0.3, 0.4) is 0 Å². The second-order valence-electron chi connectivity index (χ2n) is 27.4. The predicted molar refractivity (Wildman–Crippen MR) is 389 cm³/mol. The van der Waals surface area contributed by atoms with Crippen LogP contribution in [0.1, 0.15) is 438 Å². The minimum Gasteiger partial charge on any atom is -0.466 e. The molecule has 2 atom stereocenters. The average Bonchev–Trinajstić information content (AvgIpc) is 3.58.